The van der Waals surface area contributed by atoms with Crippen LogP contribution in [0.25, 0.3) is 0 Å². The van der Waals surface area contributed by atoms with Crippen LogP contribution in [0.3, 0.4) is 0 Å². The highest BCUT2D eigenvalue weighted by Gasteiger charge is 2.43. The van der Waals surface area contributed by atoms with Crippen LogP contribution in [-0.4, -0.2) is 109 Å². The van der Waals surface area contributed by atoms with Crippen molar-refractivity contribution in [3.8, 4) is 0 Å². The Morgan fingerprint density at radius 1 is 0.595 bits per heavy atom. The van der Waals surface area contributed by atoms with E-state index >= 15 is 0 Å². The topological polar surface area (TPSA) is 208 Å². The van der Waals surface area contributed by atoms with Crippen molar-refractivity contribution in [1.82, 2.24) is 0 Å². The van der Waals surface area contributed by atoms with E-state index in [2.05, 4.69) is 0 Å². The summed E-state index contributed by atoms with van der Waals surface area (Å²) in [6.45, 7) is 18.1. The zero-order valence-corrected chi connectivity index (χ0v) is 27.3. The van der Waals surface area contributed by atoms with Crippen LogP contribution >= 0.6 is 0 Å². The average Bonchev–Trinajstić information content (AvgIpc) is 2.65. The van der Waals surface area contributed by atoms with Crippen LogP contribution in [-0.2, 0) is 21.5 Å². The van der Waals surface area contributed by atoms with Crippen LogP contribution in [0.4, 0.5) is 0 Å². The van der Waals surface area contributed by atoms with Crippen LogP contribution in [0.15, 0.2) is 30.3 Å². The first-order chi connectivity index (χ1) is 16.7. The minimum atomic E-state index is -2.67. The molecule has 13 nitrogen and oxygen atoms in total. The third kappa shape index (κ3) is 28.5. The second kappa shape index (κ2) is 20.6. The molecule has 0 unspecified atom stereocenters. The molecule has 0 heterocycles. The SMILES string of the molecule is CCO[Si](OCC)(OCC)c1ccccc1.C[Si](C)(O)O[Si](C)(C)O[Si](C)(C)O.OB(O)O.OB(O)O. The highest BCUT2D eigenvalue weighted by Crippen LogP contribution is 2.17. The van der Waals surface area contributed by atoms with E-state index in [-0.39, 0.29) is 0 Å². The Morgan fingerprint density at radius 2 is 0.865 bits per heavy atom. The van der Waals surface area contributed by atoms with Crippen molar-refractivity contribution in [2.45, 2.75) is 60.1 Å². The van der Waals surface area contributed by atoms with Gasteiger partial charge in [0.05, 0.1) is 0 Å². The van der Waals surface area contributed by atoms with Crippen molar-refractivity contribution >= 4 is 54.3 Å². The first kappa shape index (κ1) is 41.2. The Bertz CT molecular complexity index is 617. The summed E-state index contributed by atoms with van der Waals surface area (Å²) >= 11 is 0. The van der Waals surface area contributed by atoms with Crippen molar-refractivity contribution < 1.29 is 61.2 Å². The molecule has 218 valence electrons. The molecule has 37 heavy (non-hydrogen) atoms. The molecule has 0 saturated heterocycles. The Morgan fingerprint density at radius 3 is 1.08 bits per heavy atom. The number of hydrogen-bond donors (Lipinski definition) is 8. The fraction of sp³-hybridized carbons (Fsp3) is 0.667. The summed E-state index contributed by atoms with van der Waals surface area (Å²) in [6.07, 6.45) is 0. The van der Waals surface area contributed by atoms with Gasteiger partial charge in [-0.2, -0.15) is 0 Å². The van der Waals surface area contributed by atoms with Crippen molar-refractivity contribution in [3.05, 3.63) is 30.3 Å². The fourth-order valence-electron chi connectivity index (χ4n) is 2.81. The van der Waals surface area contributed by atoms with Gasteiger partial charge in [-0.25, -0.2) is 0 Å². The minimum absolute atomic E-state index is 0.598. The van der Waals surface area contributed by atoms with Gasteiger partial charge in [0.1, 0.15) is 0 Å². The van der Waals surface area contributed by atoms with Crippen LogP contribution in [0.1, 0.15) is 20.8 Å². The first-order valence-electron chi connectivity index (χ1n) is 11.6. The third-order valence-corrected chi connectivity index (χ3v) is 14.1. The summed E-state index contributed by atoms with van der Waals surface area (Å²) in [4.78, 5) is 19.1. The molecule has 0 aromatic heterocycles. The molecule has 0 aliphatic rings. The Hall–Kier alpha value is -0.303. The van der Waals surface area contributed by atoms with Gasteiger partial charge in [-0.15, -0.1) is 0 Å². The molecule has 19 heteroatoms. The molecule has 1 aromatic carbocycles. The summed E-state index contributed by atoms with van der Waals surface area (Å²) in [6, 6.07) is 9.95. The molecule has 0 spiro atoms. The Labute approximate surface area is 225 Å². The molecule has 1 aromatic rings. The van der Waals surface area contributed by atoms with Crippen LogP contribution in [0.5, 0.6) is 0 Å². The lowest BCUT2D eigenvalue weighted by Gasteiger charge is -2.33. The van der Waals surface area contributed by atoms with Gasteiger partial charge in [0, 0.05) is 25.0 Å². The third-order valence-electron chi connectivity index (χ3n) is 3.12. The molecule has 1 rings (SSSR count). The predicted molar refractivity (Wildman–Crippen MR) is 151 cm³/mol. The highest BCUT2D eigenvalue weighted by atomic mass is 28.5. The van der Waals surface area contributed by atoms with E-state index in [9.17, 15) is 9.59 Å². The van der Waals surface area contributed by atoms with E-state index in [0.29, 0.717) is 19.8 Å². The van der Waals surface area contributed by atoms with Crippen molar-refractivity contribution in [3.63, 3.8) is 0 Å². The molecule has 8 N–H and O–H groups in total. The summed E-state index contributed by atoms with van der Waals surface area (Å²) in [7, 11) is -14.4. The van der Waals surface area contributed by atoms with E-state index in [1.54, 1.807) is 26.2 Å². The molecule has 0 bridgehead atoms. The van der Waals surface area contributed by atoms with E-state index in [1.165, 1.54) is 0 Å². The second-order valence-electron chi connectivity index (χ2n) is 8.41. The number of rotatable bonds is 11. The quantitative estimate of drug-likeness (QED) is 0.142. The molecular formula is C18H46B2O13Si4. The largest absolute Gasteiger partial charge is 0.631 e. The van der Waals surface area contributed by atoms with Gasteiger partial charge in [-0.3, -0.25) is 0 Å². The standard InChI is InChI=1S/C12H20O3Si.C6H20O4Si3.2BH3O3/c1-4-13-16(14-5-2,15-6-3)12-10-8-7-9-11-12;1-11(2,7)9-13(5,6)10-12(3,4)8;2*2-1(3)4/h7-11H,4-6H2,1-3H3;7-8H,1-6H3;2*2-4H. The normalized spacial score (nSPS) is 11.7. The van der Waals surface area contributed by atoms with E-state index in [4.69, 9.17) is 51.7 Å². The average molecular weight is 605 g/mol. The monoisotopic (exact) mass is 604 g/mol. The van der Waals surface area contributed by atoms with Crippen molar-refractivity contribution in [1.29, 1.82) is 0 Å². The zero-order chi connectivity index (χ0) is 29.9. The molecule has 0 fully saturated rings. The molecule has 0 aliphatic heterocycles. The van der Waals surface area contributed by atoms with Gasteiger partial charge in [0.25, 0.3) is 0 Å². The van der Waals surface area contributed by atoms with E-state index in [1.807, 2.05) is 64.2 Å². The van der Waals surface area contributed by atoms with Gasteiger partial charge in [0.15, 0.2) is 0 Å². The van der Waals surface area contributed by atoms with Gasteiger partial charge < -0.3 is 61.2 Å². The first-order valence-corrected chi connectivity index (χ1v) is 21.8. The second-order valence-corrected chi connectivity index (χ2v) is 21.2. The lowest BCUT2D eigenvalue weighted by Crippen LogP contribution is -2.56. The van der Waals surface area contributed by atoms with Crippen LogP contribution in [0, 0.1) is 0 Å². The number of hydrogen-bond acceptors (Lipinski definition) is 13. The molecule has 0 amide bonds. The maximum atomic E-state index is 9.56. The van der Waals surface area contributed by atoms with Crippen LogP contribution < -0.4 is 5.19 Å². The van der Waals surface area contributed by atoms with Crippen LogP contribution in [0.2, 0.25) is 39.3 Å². The molecule has 0 atom stereocenters. The van der Waals surface area contributed by atoms with Gasteiger partial charge in [-0.05, 0) is 60.1 Å². The minimum Gasteiger partial charge on any atom is -0.416 e. The molecular weight excluding hydrogens is 558 g/mol. The summed E-state index contributed by atoms with van der Waals surface area (Å²) in [5.74, 6) is 0. The summed E-state index contributed by atoms with van der Waals surface area (Å²) < 4.78 is 28.3. The summed E-state index contributed by atoms with van der Waals surface area (Å²) in [5, 5.41) is 44.0. The van der Waals surface area contributed by atoms with Gasteiger partial charge >= 0.3 is 49.1 Å². The molecule has 0 radical (unpaired) electrons. The molecule has 0 aliphatic carbocycles. The molecule has 0 saturated carbocycles. The maximum absolute atomic E-state index is 9.56. The van der Waals surface area contributed by atoms with Crippen molar-refractivity contribution in [2.24, 2.45) is 0 Å². The Balaban J connectivity index is -0.000000491. The maximum Gasteiger partial charge on any atom is 0.631 e. The number of benzene rings is 1. The lowest BCUT2D eigenvalue weighted by atomic mass is 10.3. The highest BCUT2D eigenvalue weighted by molar-refractivity contribution is 6.83. The van der Waals surface area contributed by atoms with Crippen molar-refractivity contribution in [2.75, 3.05) is 19.8 Å². The fourth-order valence-corrected chi connectivity index (χ4v) is 15.5. The van der Waals surface area contributed by atoms with E-state index < -0.39 is 49.1 Å². The van der Waals surface area contributed by atoms with E-state index in [0.717, 1.165) is 5.19 Å². The predicted octanol–water partition coefficient (Wildman–Crippen LogP) is -1.05. The van der Waals surface area contributed by atoms with Gasteiger partial charge in [0.2, 0.25) is 0 Å². The Kier molecular flexibility index (Phi) is 22.9. The zero-order valence-electron chi connectivity index (χ0n) is 23.3. The summed E-state index contributed by atoms with van der Waals surface area (Å²) in [5.41, 5.74) is 0. The lowest BCUT2D eigenvalue weighted by molar-refractivity contribution is 0.0859. The smallest absolute Gasteiger partial charge is 0.416 e. The van der Waals surface area contributed by atoms with Gasteiger partial charge in [-0.1, -0.05) is 30.3 Å².